The van der Waals surface area contributed by atoms with E-state index in [2.05, 4.69) is 20.7 Å². The van der Waals surface area contributed by atoms with E-state index in [1.54, 1.807) is 24.3 Å². The summed E-state index contributed by atoms with van der Waals surface area (Å²) >= 11 is 5.90. The van der Waals surface area contributed by atoms with Crippen LogP contribution in [0.3, 0.4) is 0 Å². The molecule has 1 aromatic heterocycles. The van der Waals surface area contributed by atoms with Gasteiger partial charge in [0.2, 0.25) is 5.88 Å². The van der Waals surface area contributed by atoms with Crippen LogP contribution in [0.2, 0.25) is 5.02 Å². The summed E-state index contributed by atoms with van der Waals surface area (Å²) in [5.41, 5.74) is 1.28. The summed E-state index contributed by atoms with van der Waals surface area (Å²) in [6.45, 7) is 1.03. The van der Waals surface area contributed by atoms with Crippen LogP contribution in [0.15, 0.2) is 35.5 Å². The number of oxime groups is 1. The van der Waals surface area contributed by atoms with E-state index in [1.807, 2.05) is 0 Å². The van der Waals surface area contributed by atoms with E-state index < -0.39 is 18.2 Å². The molecule has 1 aliphatic carbocycles. The average Bonchev–Trinajstić information content (AvgIpc) is 3.56. The standard InChI is InChI=1S/C20H20ClF3N4O3/c1-11(20(22,23)24)31-19-15(12-5-7-14(21)8-6-12)9-16(26-27-19)18(29)25-10-17(28-30-2)13-3-4-13/h5-9,11,13H,3-4,10H2,1-2H3,(H,25,29)/b28-17-. The van der Waals surface area contributed by atoms with Gasteiger partial charge in [0.05, 0.1) is 12.3 Å². The van der Waals surface area contributed by atoms with E-state index in [4.69, 9.17) is 21.2 Å². The number of hydrogen-bond donors (Lipinski definition) is 1. The number of halogens is 4. The van der Waals surface area contributed by atoms with Gasteiger partial charge in [0, 0.05) is 16.5 Å². The Morgan fingerprint density at radius 3 is 2.55 bits per heavy atom. The molecule has 1 unspecified atom stereocenters. The van der Waals surface area contributed by atoms with E-state index in [1.165, 1.54) is 13.2 Å². The van der Waals surface area contributed by atoms with Crippen molar-refractivity contribution in [2.75, 3.05) is 13.7 Å². The number of rotatable bonds is 8. The molecule has 3 rings (SSSR count). The lowest BCUT2D eigenvalue weighted by Crippen LogP contribution is -2.32. The first kappa shape index (κ1) is 22.8. The van der Waals surface area contributed by atoms with Gasteiger partial charge in [-0.25, -0.2) is 0 Å². The molecule has 1 heterocycles. The predicted molar refractivity (Wildman–Crippen MR) is 108 cm³/mol. The molecule has 0 spiro atoms. The lowest BCUT2D eigenvalue weighted by atomic mass is 10.1. The predicted octanol–water partition coefficient (Wildman–Crippen LogP) is 4.27. The second-order valence-electron chi connectivity index (χ2n) is 6.98. The summed E-state index contributed by atoms with van der Waals surface area (Å²) in [5.74, 6) is -0.624. The number of hydrogen-bond acceptors (Lipinski definition) is 6. The smallest absolute Gasteiger partial charge is 0.425 e. The fourth-order valence-electron chi connectivity index (χ4n) is 2.70. The lowest BCUT2D eigenvalue weighted by Gasteiger charge is -2.19. The van der Waals surface area contributed by atoms with Crippen LogP contribution in [0.1, 0.15) is 30.3 Å². The number of alkyl halides is 3. The van der Waals surface area contributed by atoms with Gasteiger partial charge in [0.25, 0.3) is 5.91 Å². The number of nitrogens with zero attached hydrogens (tertiary/aromatic N) is 3. The molecule has 11 heteroatoms. The second-order valence-corrected chi connectivity index (χ2v) is 7.42. The van der Waals surface area contributed by atoms with Crippen molar-refractivity contribution in [1.29, 1.82) is 0 Å². The maximum absolute atomic E-state index is 13.0. The Labute approximate surface area is 181 Å². The maximum Gasteiger partial charge on any atom is 0.425 e. The van der Waals surface area contributed by atoms with Crippen LogP contribution in [-0.2, 0) is 4.84 Å². The van der Waals surface area contributed by atoms with Gasteiger partial charge in [-0.05, 0) is 43.5 Å². The molecule has 1 aliphatic rings. The molecular formula is C20H20ClF3N4O3. The second kappa shape index (κ2) is 9.51. The van der Waals surface area contributed by atoms with Crippen molar-refractivity contribution < 1.29 is 27.5 Å². The Hall–Kier alpha value is -2.88. The molecule has 1 N–H and O–H groups in total. The third-order valence-corrected chi connectivity index (χ3v) is 4.84. The van der Waals surface area contributed by atoms with E-state index in [0.29, 0.717) is 16.3 Å². The van der Waals surface area contributed by atoms with Crippen molar-refractivity contribution in [3.05, 3.63) is 41.0 Å². The zero-order valence-corrected chi connectivity index (χ0v) is 17.5. The van der Waals surface area contributed by atoms with Gasteiger partial charge in [0.1, 0.15) is 7.11 Å². The number of carbonyl (C=O) groups excluding carboxylic acids is 1. The highest BCUT2D eigenvalue weighted by Crippen LogP contribution is 2.33. The normalized spacial score (nSPS) is 15.4. The Bertz CT molecular complexity index is 963. The monoisotopic (exact) mass is 456 g/mol. The minimum Gasteiger partial charge on any atom is -0.463 e. The summed E-state index contributed by atoms with van der Waals surface area (Å²) in [6, 6.07) is 7.63. The van der Waals surface area contributed by atoms with Gasteiger partial charge in [0.15, 0.2) is 11.8 Å². The molecule has 0 radical (unpaired) electrons. The van der Waals surface area contributed by atoms with Gasteiger partial charge in [-0.2, -0.15) is 13.2 Å². The first-order chi connectivity index (χ1) is 14.7. The molecule has 0 saturated heterocycles. The number of ether oxygens (including phenoxy) is 1. The molecule has 1 aromatic carbocycles. The van der Waals surface area contributed by atoms with Gasteiger partial charge in [-0.3, -0.25) is 4.79 Å². The quantitative estimate of drug-likeness (QED) is 0.473. The molecule has 1 fully saturated rings. The number of benzene rings is 1. The van der Waals surface area contributed by atoms with Gasteiger partial charge in [-0.1, -0.05) is 28.9 Å². The first-order valence-electron chi connectivity index (χ1n) is 9.44. The first-order valence-corrected chi connectivity index (χ1v) is 9.82. The van der Waals surface area contributed by atoms with Crippen LogP contribution in [-0.4, -0.2) is 47.8 Å². The fraction of sp³-hybridized carbons (Fsp3) is 0.400. The Morgan fingerprint density at radius 1 is 1.29 bits per heavy atom. The Morgan fingerprint density at radius 2 is 1.97 bits per heavy atom. The van der Waals surface area contributed by atoms with E-state index in [0.717, 1.165) is 19.8 Å². The molecule has 0 aliphatic heterocycles. The van der Waals surface area contributed by atoms with Crippen LogP contribution < -0.4 is 10.1 Å². The van der Waals surface area contributed by atoms with Crippen molar-refractivity contribution in [2.45, 2.75) is 32.0 Å². The highest BCUT2D eigenvalue weighted by atomic mass is 35.5. The number of amides is 1. The summed E-state index contributed by atoms with van der Waals surface area (Å²) < 4.78 is 43.9. The summed E-state index contributed by atoms with van der Waals surface area (Å²) in [7, 11) is 1.43. The lowest BCUT2D eigenvalue weighted by molar-refractivity contribution is -0.189. The van der Waals surface area contributed by atoms with Crippen LogP contribution >= 0.6 is 11.6 Å². The summed E-state index contributed by atoms with van der Waals surface area (Å²) in [4.78, 5) is 17.4. The van der Waals surface area contributed by atoms with Gasteiger partial charge < -0.3 is 14.9 Å². The van der Waals surface area contributed by atoms with E-state index in [9.17, 15) is 18.0 Å². The third kappa shape index (κ3) is 6.06. The van der Waals surface area contributed by atoms with Gasteiger partial charge in [-0.15, -0.1) is 10.2 Å². The van der Waals surface area contributed by atoms with Crippen LogP contribution in [0.5, 0.6) is 5.88 Å². The largest absolute Gasteiger partial charge is 0.463 e. The number of carbonyl (C=O) groups is 1. The minimum absolute atomic E-state index is 0.0791. The van der Waals surface area contributed by atoms with E-state index >= 15 is 0 Å². The molecular weight excluding hydrogens is 437 g/mol. The molecule has 2 aromatic rings. The topological polar surface area (TPSA) is 85.7 Å². The van der Waals surface area contributed by atoms with E-state index in [-0.39, 0.29) is 29.6 Å². The summed E-state index contributed by atoms with van der Waals surface area (Å²) in [6.07, 6.45) is -4.75. The molecule has 1 amide bonds. The van der Waals surface area contributed by atoms with Gasteiger partial charge >= 0.3 is 6.18 Å². The van der Waals surface area contributed by atoms with Crippen LogP contribution in [0, 0.1) is 5.92 Å². The number of aromatic nitrogens is 2. The Balaban J connectivity index is 1.86. The molecule has 1 atom stereocenters. The van der Waals surface area contributed by atoms with Crippen molar-refractivity contribution in [3.8, 4) is 17.0 Å². The van der Waals surface area contributed by atoms with Crippen molar-refractivity contribution in [1.82, 2.24) is 15.5 Å². The fourth-order valence-corrected chi connectivity index (χ4v) is 2.82. The van der Waals surface area contributed by atoms with Crippen LogP contribution in [0.4, 0.5) is 13.2 Å². The highest BCUT2D eigenvalue weighted by Gasteiger charge is 2.39. The highest BCUT2D eigenvalue weighted by molar-refractivity contribution is 6.30. The maximum atomic E-state index is 13.0. The van der Waals surface area contributed by atoms with Crippen molar-refractivity contribution in [2.24, 2.45) is 11.1 Å². The molecule has 31 heavy (non-hydrogen) atoms. The minimum atomic E-state index is -4.59. The molecule has 166 valence electrons. The van der Waals surface area contributed by atoms with Crippen molar-refractivity contribution in [3.63, 3.8) is 0 Å². The van der Waals surface area contributed by atoms with Crippen molar-refractivity contribution >= 4 is 23.2 Å². The molecule has 7 nitrogen and oxygen atoms in total. The summed E-state index contributed by atoms with van der Waals surface area (Å²) in [5, 5.41) is 14.5. The van der Waals surface area contributed by atoms with Crippen LogP contribution in [0.25, 0.3) is 11.1 Å². The average molecular weight is 457 g/mol. The third-order valence-electron chi connectivity index (χ3n) is 4.58. The molecule has 0 bridgehead atoms. The Kier molecular flexibility index (Phi) is 6.99. The number of nitrogens with one attached hydrogen (secondary N) is 1. The SMILES string of the molecule is CO/N=C(/CNC(=O)c1cc(-c2ccc(Cl)cc2)c(OC(C)C(F)(F)F)nn1)C1CC1. The molecule has 1 saturated carbocycles. The zero-order valence-electron chi connectivity index (χ0n) is 16.7. The zero-order chi connectivity index (χ0) is 22.6.